The van der Waals surface area contributed by atoms with Crippen LogP contribution in [0.5, 0.6) is 0 Å². The molecule has 0 spiro atoms. The fourth-order valence-corrected chi connectivity index (χ4v) is 1.45. The first-order chi connectivity index (χ1) is 8.65. The van der Waals surface area contributed by atoms with E-state index < -0.39 is 0 Å². The van der Waals surface area contributed by atoms with E-state index in [1.165, 1.54) is 6.26 Å². The molecule has 0 aromatic carbocycles. The second-order valence-corrected chi connectivity index (χ2v) is 4.23. The van der Waals surface area contributed by atoms with Gasteiger partial charge in [0.1, 0.15) is 0 Å². The lowest BCUT2D eigenvalue weighted by molar-refractivity contribution is 0.0996. The van der Waals surface area contributed by atoms with Crippen molar-refractivity contribution in [3.8, 4) is 0 Å². The molecule has 1 N–H and O–H groups in total. The molecule has 1 amide bonds. The molecule has 0 aliphatic heterocycles. The van der Waals surface area contributed by atoms with Crippen LogP contribution in [0.3, 0.4) is 0 Å². The predicted octanol–water partition coefficient (Wildman–Crippen LogP) is 1.29. The van der Waals surface area contributed by atoms with Gasteiger partial charge in [-0.3, -0.25) is 9.48 Å². The van der Waals surface area contributed by atoms with Gasteiger partial charge in [0.2, 0.25) is 0 Å². The molecule has 0 bridgehead atoms. The molecule has 6 nitrogen and oxygen atoms in total. The van der Waals surface area contributed by atoms with E-state index in [0.29, 0.717) is 5.69 Å². The van der Waals surface area contributed by atoms with Gasteiger partial charge in [0.15, 0.2) is 5.76 Å². The zero-order valence-corrected chi connectivity index (χ0v) is 10.5. The van der Waals surface area contributed by atoms with Crippen LogP contribution in [0.1, 0.15) is 10.6 Å². The molecule has 0 aliphatic carbocycles. The van der Waals surface area contributed by atoms with Crippen LogP contribution >= 0.6 is 0 Å². The van der Waals surface area contributed by atoms with Crippen LogP contribution in [-0.4, -0.2) is 41.2 Å². The molecule has 0 fully saturated rings. The van der Waals surface area contributed by atoms with Gasteiger partial charge >= 0.3 is 0 Å². The second-order valence-electron chi connectivity index (χ2n) is 4.23. The Balaban J connectivity index is 1.92. The Labute approximate surface area is 105 Å². The average Bonchev–Trinajstić information content (AvgIpc) is 2.97. The smallest absolute Gasteiger partial charge is 0.291 e. The van der Waals surface area contributed by atoms with Crippen molar-refractivity contribution in [3.05, 3.63) is 36.5 Å². The van der Waals surface area contributed by atoms with Gasteiger partial charge in [0.05, 0.1) is 24.7 Å². The highest BCUT2D eigenvalue weighted by atomic mass is 16.3. The maximum atomic E-state index is 11.7. The number of anilines is 1. The van der Waals surface area contributed by atoms with Crippen molar-refractivity contribution in [2.24, 2.45) is 0 Å². The van der Waals surface area contributed by atoms with Crippen molar-refractivity contribution < 1.29 is 9.21 Å². The van der Waals surface area contributed by atoms with E-state index in [4.69, 9.17) is 4.42 Å². The summed E-state index contributed by atoms with van der Waals surface area (Å²) in [6.07, 6.45) is 4.89. The average molecular weight is 248 g/mol. The lowest BCUT2D eigenvalue weighted by atomic mass is 10.4. The third-order valence-electron chi connectivity index (χ3n) is 2.41. The Kier molecular flexibility index (Phi) is 3.78. The van der Waals surface area contributed by atoms with E-state index in [0.717, 1.165) is 13.1 Å². The van der Waals surface area contributed by atoms with E-state index in [1.54, 1.807) is 29.2 Å². The first-order valence-corrected chi connectivity index (χ1v) is 5.67. The van der Waals surface area contributed by atoms with E-state index in [9.17, 15) is 4.79 Å². The predicted molar refractivity (Wildman–Crippen MR) is 67.4 cm³/mol. The highest BCUT2D eigenvalue weighted by molar-refractivity contribution is 6.02. The number of carbonyl (C=O) groups is 1. The van der Waals surface area contributed by atoms with E-state index in [2.05, 4.69) is 15.3 Å². The van der Waals surface area contributed by atoms with Gasteiger partial charge in [-0.1, -0.05) is 0 Å². The molecular formula is C12H16N4O2. The minimum atomic E-state index is -0.271. The molecule has 6 heteroatoms. The number of furan rings is 1. The van der Waals surface area contributed by atoms with Crippen LogP contribution in [0.2, 0.25) is 0 Å². The van der Waals surface area contributed by atoms with Gasteiger partial charge in [-0.2, -0.15) is 5.10 Å². The molecule has 2 aromatic heterocycles. The molecule has 0 radical (unpaired) electrons. The van der Waals surface area contributed by atoms with Gasteiger partial charge in [-0.25, -0.2) is 0 Å². The minimum Gasteiger partial charge on any atom is -0.459 e. The molecule has 2 rings (SSSR count). The first-order valence-electron chi connectivity index (χ1n) is 5.67. The monoisotopic (exact) mass is 248 g/mol. The Morgan fingerprint density at radius 1 is 1.56 bits per heavy atom. The molecule has 0 aliphatic rings. The summed E-state index contributed by atoms with van der Waals surface area (Å²) < 4.78 is 6.80. The minimum absolute atomic E-state index is 0.271. The molecule has 2 heterocycles. The lowest BCUT2D eigenvalue weighted by Crippen LogP contribution is -2.18. The SMILES string of the molecule is CN(C)CCn1cc(NC(=O)c2ccco2)cn1. The first kappa shape index (κ1) is 12.4. The molecule has 18 heavy (non-hydrogen) atoms. The fourth-order valence-electron chi connectivity index (χ4n) is 1.45. The van der Waals surface area contributed by atoms with Crippen LogP contribution < -0.4 is 5.32 Å². The molecule has 0 unspecified atom stereocenters. The number of nitrogens with zero attached hydrogens (tertiary/aromatic N) is 3. The summed E-state index contributed by atoms with van der Waals surface area (Å²) in [6.45, 7) is 1.68. The third-order valence-corrected chi connectivity index (χ3v) is 2.41. The van der Waals surface area contributed by atoms with Crippen LogP contribution in [0.15, 0.2) is 35.2 Å². The maximum Gasteiger partial charge on any atom is 0.291 e. The number of rotatable bonds is 5. The Morgan fingerprint density at radius 2 is 2.39 bits per heavy atom. The molecule has 2 aromatic rings. The Morgan fingerprint density at radius 3 is 3.06 bits per heavy atom. The topological polar surface area (TPSA) is 63.3 Å². The van der Waals surface area contributed by atoms with Crippen molar-refractivity contribution in [1.82, 2.24) is 14.7 Å². The van der Waals surface area contributed by atoms with Gasteiger partial charge < -0.3 is 14.6 Å². The van der Waals surface area contributed by atoms with Crippen molar-refractivity contribution >= 4 is 11.6 Å². The number of nitrogens with one attached hydrogen (secondary N) is 1. The zero-order chi connectivity index (χ0) is 13.0. The fraction of sp³-hybridized carbons (Fsp3) is 0.333. The molecule has 96 valence electrons. The highest BCUT2D eigenvalue weighted by Crippen LogP contribution is 2.08. The van der Waals surface area contributed by atoms with Crippen LogP contribution in [0, 0.1) is 0 Å². The zero-order valence-electron chi connectivity index (χ0n) is 10.5. The standard InChI is InChI=1S/C12H16N4O2/c1-15(2)5-6-16-9-10(8-13-16)14-12(17)11-4-3-7-18-11/h3-4,7-9H,5-6H2,1-2H3,(H,14,17). The maximum absolute atomic E-state index is 11.7. The summed E-state index contributed by atoms with van der Waals surface area (Å²) >= 11 is 0. The van der Waals surface area contributed by atoms with Crippen molar-refractivity contribution in [2.75, 3.05) is 26.0 Å². The number of hydrogen-bond acceptors (Lipinski definition) is 4. The number of hydrogen-bond donors (Lipinski definition) is 1. The van der Waals surface area contributed by atoms with Crippen molar-refractivity contribution in [2.45, 2.75) is 6.54 Å². The highest BCUT2D eigenvalue weighted by Gasteiger charge is 2.09. The molecule has 0 atom stereocenters. The van der Waals surface area contributed by atoms with E-state index in [1.807, 2.05) is 14.1 Å². The number of likely N-dealkylation sites (N-methyl/N-ethyl adjacent to an activating group) is 1. The normalized spacial score (nSPS) is 10.8. The van der Waals surface area contributed by atoms with Gasteiger partial charge in [0.25, 0.3) is 5.91 Å². The number of aromatic nitrogens is 2. The van der Waals surface area contributed by atoms with Crippen LogP contribution in [-0.2, 0) is 6.54 Å². The van der Waals surface area contributed by atoms with Crippen LogP contribution in [0.4, 0.5) is 5.69 Å². The van der Waals surface area contributed by atoms with Gasteiger partial charge in [-0.05, 0) is 26.2 Å². The summed E-state index contributed by atoms with van der Waals surface area (Å²) in [5.41, 5.74) is 0.662. The summed E-state index contributed by atoms with van der Waals surface area (Å²) in [6, 6.07) is 3.29. The summed E-state index contributed by atoms with van der Waals surface area (Å²) in [7, 11) is 4.01. The van der Waals surface area contributed by atoms with E-state index >= 15 is 0 Å². The lowest BCUT2D eigenvalue weighted by Gasteiger charge is -2.08. The molecule has 0 saturated carbocycles. The van der Waals surface area contributed by atoms with Gasteiger partial charge in [-0.15, -0.1) is 0 Å². The number of carbonyl (C=O) groups excluding carboxylic acids is 1. The molecule has 0 saturated heterocycles. The van der Waals surface area contributed by atoms with Gasteiger partial charge in [0, 0.05) is 12.7 Å². The molecular weight excluding hydrogens is 232 g/mol. The van der Waals surface area contributed by atoms with Crippen molar-refractivity contribution in [3.63, 3.8) is 0 Å². The Hall–Kier alpha value is -2.08. The summed E-state index contributed by atoms with van der Waals surface area (Å²) in [5, 5.41) is 6.89. The summed E-state index contributed by atoms with van der Waals surface area (Å²) in [5.74, 6) is 0.0169. The third kappa shape index (κ3) is 3.21. The largest absolute Gasteiger partial charge is 0.459 e. The van der Waals surface area contributed by atoms with Crippen molar-refractivity contribution in [1.29, 1.82) is 0 Å². The van der Waals surface area contributed by atoms with E-state index in [-0.39, 0.29) is 11.7 Å². The second kappa shape index (κ2) is 5.50. The number of amides is 1. The van der Waals surface area contributed by atoms with Crippen LogP contribution in [0.25, 0.3) is 0 Å². The summed E-state index contributed by atoms with van der Waals surface area (Å²) in [4.78, 5) is 13.8. The Bertz CT molecular complexity index is 502. The quantitative estimate of drug-likeness (QED) is 0.866.